The number of rotatable bonds is 5. The smallest absolute Gasteiger partial charge is 0.248 e. The Bertz CT molecular complexity index is 1600. The molecule has 6 rings (SSSR count). The first-order chi connectivity index (χ1) is 17.7. The molecular weight excluding hydrogens is 538 g/mol. The number of piperidine rings is 1. The van der Waals surface area contributed by atoms with E-state index < -0.39 is 6.04 Å². The number of fused-ring (bicyclic) bond motifs is 4. The van der Waals surface area contributed by atoms with Gasteiger partial charge in [-0.1, -0.05) is 13.0 Å². The molecule has 0 radical (unpaired) electrons. The van der Waals surface area contributed by atoms with Crippen LogP contribution in [-0.4, -0.2) is 55.4 Å². The van der Waals surface area contributed by atoms with Gasteiger partial charge in [0, 0.05) is 17.5 Å². The molecule has 190 valence electrons. The molecular formula is C26H26BrN7O3. The predicted molar refractivity (Wildman–Crippen MR) is 143 cm³/mol. The minimum absolute atomic E-state index is 0.00810. The van der Waals surface area contributed by atoms with Gasteiger partial charge in [0.1, 0.15) is 46.5 Å². The van der Waals surface area contributed by atoms with E-state index in [-0.39, 0.29) is 29.8 Å². The van der Waals surface area contributed by atoms with E-state index >= 15 is 0 Å². The third kappa shape index (κ3) is 3.79. The van der Waals surface area contributed by atoms with Gasteiger partial charge in [0.2, 0.25) is 11.8 Å². The van der Waals surface area contributed by atoms with Crippen molar-refractivity contribution in [3.63, 3.8) is 0 Å². The van der Waals surface area contributed by atoms with Crippen molar-refractivity contribution in [1.29, 1.82) is 0 Å². The third-order valence-electron chi connectivity index (χ3n) is 7.67. The number of benzene rings is 1. The molecule has 1 saturated heterocycles. The summed E-state index contributed by atoms with van der Waals surface area (Å²) in [5.74, 6) is 1.10. The van der Waals surface area contributed by atoms with E-state index in [9.17, 15) is 9.59 Å². The summed E-state index contributed by atoms with van der Waals surface area (Å²) in [6.07, 6.45) is 2.89. The van der Waals surface area contributed by atoms with Crippen molar-refractivity contribution < 1.29 is 14.3 Å². The SMILES string of the molecule is COc1cc2c(cc1C)c1c(N)ncnc1n2CC(=O)N1[C@H](C(=O)Nc2cccc(Br)n2)C[C@@]2(C)C[C@@H]12. The van der Waals surface area contributed by atoms with Crippen molar-refractivity contribution in [3.05, 3.63) is 46.8 Å². The van der Waals surface area contributed by atoms with Gasteiger partial charge in [0.25, 0.3) is 0 Å². The van der Waals surface area contributed by atoms with Crippen molar-refractivity contribution in [2.45, 2.75) is 45.3 Å². The maximum Gasteiger partial charge on any atom is 0.248 e. The van der Waals surface area contributed by atoms with Crippen LogP contribution < -0.4 is 15.8 Å². The van der Waals surface area contributed by atoms with Gasteiger partial charge in [0.15, 0.2) is 0 Å². The number of nitrogens with two attached hydrogens (primary N) is 1. The molecule has 0 spiro atoms. The number of aryl methyl sites for hydroxylation is 1. The van der Waals surface area contributed by atoms with E-state index in [4.69, 9.17) is 10.5 Å². The first-order valence-electron chi connectivity index (χ1n) is 12.0. The number of nitrogens with one attached hydrogen (secondary N) is 1. The van der Waals surface area contributed by atoms with Gasteiger partial charge in [-0.05, 0) is 64.9 Å². The molecule has 37 heavy (non-hydrogen) atoms. The highest BCUT2D eigenvalue weighted by molar-refractivity contribution is 9.10. The minimum Gasteiger partial charge on any atom is -0.496 e. The van der Waals surface area contributed by atoms with E-state index in [0.29, 0.717) is 39.4 Å². The average Bonchev–Trinajstić information content (AvgIpc) is 3.28. The summed E-state index contributed by atoms with van der Waals surface area (Å²) in [7, 11) is 1.61. The molecule has 2 amide bonds. The molecule has 4 heterocycles. The minimum atomic E-state index is -0.582. The molecule has 10 nitrogen and oxygen atoms in total. The third-order valence-corrected chi connectivity index (χ3v) is 8.11. The second-order valence-corrected chi connectivity index (χ2v) is 10.9. The molecule has 4 aromatic rings. The maximum atomic E-state index is 13.9. The van der Waals surface area contributed by atoms with Crippen LogP contribution in [0.2, 0.25) is 0 Å². The van der Waals surface area contributed by atoms with Crippen LogP contribution in [0.5, 0.6) is 5.75 Å². The Morgan fingerprint density at radius 2 is 2.08 bits per heavy atom. The highest BCUT2D eigenvalue weighted by atomic mass is 79.9. The molecule has 3 atom stereocenters. The fourth-order valence-electron chi connectivity index (χ4n) is 5.71. The summed E-state index contributed by atoms with van der Waals surface area (Å²) in [4.78, 5) is 41.9. The van der Waals surface area contributed by atoms with Crippen molar-refractivity contribution in [1.82, 2.24) is 24.4 Å². The van der Waals surface area contributed by atoms with E-state index in [1.54, 1.807) is 30.2 Å². The van der Waals surface area contributed by atoms with E-state index in [0.717, 1.165) is 22.9 Å². The lowest BCUT2D eigenvalue weighted by molar-refractivity contribution is -0.138. The molecule has 0 bridgehead atoms. The summed E-state index contributed by atoms with van der Waals surface area (Å²) < 4.78 is 8.02. The van der Waals surface area contributed by atoms with Crippen LogP contribution in [-0.2, 0) is 16.1 Å². The van der Waals surface area contributed by atoms with Gasteiger partial charge in [-0.3, -0.25) is 9.59 Å². The summed E-state index contributed by atoms with van der Waals surface area (Å²) >= 11 is 3.33. The number of aromatic nitrogens is 4. The molecule has 1 aliphatic carbocycles. The fourth-order valence-corrected chi connectivity index (χ4v) is 6.06. The quantitative estimate of drug-likeness (QED) is 0.354. The molecule has 11 heteroatoms. The number of nitrogens with zero attached hydrogens (tertiary/aromatic N) is 5. The predicted octanol–water partition coefficient (Wildman–Crippen LogP) is 3.66. The van der Waals surface area contributed by atoms with Crippen LogP contribution in [0, 0.1) is 12.3 Å². The summed E-state index contributed by atoms with van der Waals surface area (Å²) in [5.41, 5.74) is 8.47. The van der Waals surface area contributed by atoms with Gasteiger partial charge in [0.05, 0.1) is 18.0 Å². The number of carbonyl (C=O) groups excluding carboxylic acids is 2. The maximum absolute atomic E-state index is 13.9. The normalized spacial score (nSPS) is 22.3. The lowest BCUT2D eigenvalue weighted by Gasteiger charge is -2.27. The van der Waals surface area contributed by atoms with Gasteiger partial charge < -0.3 is 25.3 Å². The van der Waals surface area contributed by atoms with Crippen molar-refractivity contribution in [2.75, 3.05) is 18.2 Å². The van der Waals surface area contributed by atoms with Crippen molar-refractivity contribution in [2.24, 2.45) is 5.41 Å². The molecule has 1 aliphatic heterocycles. The Hall–Kier alpha value is -3.73. The largest absolute Gasteiger partial charge is 0.496 e. The number of ether oxygens (including phenoxy) is 1. The number of anilines is 2. The number of pyridine rings is 1. The van der Waals surface area contributed by atoms with Crippen molar-refractivity contribution in [3.8, 4) is 5.75 Å². The second kappa shape index (κ2) is 8.41. The number of hydrogen-bond acceptors (Lipinski definition) is 7. The van der Waals surface area contributed by atoms with Gasteiger partial charge in [-0.2, -0.15) is 0 Å². The molecule has 3 N–H and O–H groups in total. The number of halogens is 1. The topological polar surface area (TPSA) is 128 Å². The van der Waals surface area contributed by atoms with E-state index in [1.165, 1.54) is 6.33 Å². The van der Waals surface area contributed by atoms with Crippen LogP contribution in [0.3, 0.4) is 0 Å². The van der Waals surface area contributed by atoms with Crippen LogP contribution in [0.4, 0.5) is 11.6 Å². The molecule has 1 aromatic carbocycles. The monoisotopic (exact) mass is 563 g/mol. The first-order valence-corrected chi connectivity index (χ1v) is 12.8. The highest BCUT2D eigenvalue weighted by Crippen LogP contribution is 2.59. The standard InChI is InChI=1S/C26H26BrN7O3/c1-13-7-14-15(8-17(13)37-3)33(24-22(14)23(28)29-12-30-24)11-21(35)34-16(9-26(2)10-18(26)34)25(36)32-20-6-4-5-19(27)31-20/h4-8,12,16,18H,9-11H2,1-3H3,(H2,28,29,30)(H,31,32,36)/t16-,18+,26-/m0/s1. The number of likely N-dealkylation sites (tertiary alicyclic amines) is 1. The zero-order chi connectivity index (χ0) is 26.1. The molecule has 0 unspecified atom stereocenters. The molecule has 1 saturated carbocycles. The van der Waals surface area contributed by atoms with Crippen LogP contribution in [0.1, 0.15) is 25.3 Å². The van der Waals surface area contributed by atoms with Crippen molar-refractivity contribution >= 4 is 61.3 Å². The first kappa shape index (κ1) is 23.7. The van der Waals surface area contributed by atoms with Crippen LogP contribution in [0.25, 0.3) is 21.9 Å². The Balaban J connectivity index is 1.37. The molecule has 2 aliphatic rings. The van der Waals surface area contributed by atoms with Crippen LogP contribution in [0.15, 0.2) is 41.3 Å². The Morgan fingerprint density at radius 1 is 1.27 bits per heavy atom. The molecule has 3 aromatic heterocycles. The zero-order valence-corrected chi connectivity index (χ0v) is 22.2. The lowest BCUT2D eigenvalue weighted by atomic mass is 10.0. The van der Waals surface area contributed by atoms with Gasteiger partial charge in [-0.15, -0.1) is 0 Å². The average molecular weight is 564 g/mol. The number of methoxy groups -OCH3 is 1. The van der Waals surface area contributed by atoms with Gasteiger partial charge >= 0.3 is 0 Å². The van der Waals surface area contributed by atoms with Crippen LogP contribution >= 0.6 is 15.9 Å². The lowest BCUT2D eigenvalue weighted by Crippen LogP contribution is -2.46. The molecule has 2 fully saturated rings. The van der Waals surface area contributed by atoms with E-state index in [1.807, 2.05) is 23.6 Å². The Morgan fingerprint density at radius 3 is 2.84 bits per heavy atom. The summed E-state index contributed by atoms with van der Waals surface area (Å²) in [6, 6.07) is 8.63. The zero-order valence-electron chi connectivity index (χ0n) is 20.7. The highest BCUT2D eigenvalue weighted by Gasteiger charge is 2.64. The number of carbonyl (C=O) groups is 2. The summed E-state index contributed by atoms with van der Waals surface area (Å²) in [5, 5.41) is 4.43. The fraction of sp³-hybridized carbons (Fsp3) is 0.346. The van der Waals surface area contributed by atoms with Gasteiger partial charge in [-0.25, -0.2) is 15.0 Å². The number of hydrogen-bond donors (Lipinski definition) is 2. The second-order valence-electron chi connectivity index (χ2n) is 10.1. The Labute approximate surface area is 221 Å². The number of amides is 2. The van der Waals surface area contributed by atoms with E-state index in [2.05, 4.69) is 43.1 Å². The summed E-state index contributed by atoms with van der Waals surface area (Å²) in [6.45, 7) is 4.09. The Kier molecular flexibility index (Phi) is 5.37. The number of nitrogen functional groups attached to an aromatic ring is 1.